The summed E-state index contributed by atoms with van der Waals surface area (Å²) in [6.07, 6.45) is 0. The third-order valence-electron chi connectivity index (χ3n) is 0.392. The Kier molecular flexibility index (Phi) is 11.6. The van der Waals surface area contributed by atoms with Crippen LogP contribution in [0.15, 0.2) is 0 Å². The fourth-order valence-corrected chi connectivity index (χ4v) is 0.393. The van der Waals surface area contributed by atoms with E-state index in [1.807, 2.05) is 0 Å². The molecule has 0 rings (SSSR count). The molecule has 8 heavy (non-hydrogen) atoms. The molecule has 3 N–H and O–H groups in total. The molecule has 0 aromatic rings. The molecule has 0 aliphatic carbocycles. The van der Waals surface area contributed by atoms with Crippen molar-refractivity contribution in [3.8, 4) is 0 Å². The fraction of sp³-hybridized carbons (Fsp3) is 0.500. The van der Waals surface area contributed by atoms with Crippen LogP contribution in [0.25, 0.3) is 0 Å². The molecule has 0 amide bonds. The first-order valence-electron chi connectivity index (χ1n) is 1.77. The SMILES string of the molecule is NCC(=O)[O][AlH][OH].[NaH]. The number of rotatable bonds is 2. The van der Waals surface area contributed by atoms with Gasteiger partial charge in [-0.05, 0) is 0 Å². The van der Waals surface area contributed by atoms with Crippen LogP contribution in [0.4, 0.5) is 0 Å². The van der Waals surface area contributed by atoms with Gasteiger partial charge in [-0.25, -0.2) is 0 Å². The van der Waals surface area contributed by atoms with Crippen molar-refractivity contribution in [2.45, 2.75) is 0 Å². The van der Waals surface area contributed by atoms with Crippen LogP contribution < -0.4 is 5.73 Å². The molecule has 0 aliphatic heterocycles. The van der Waals surface area contributed by atoms with Gasteiger partial charge in [-0.1, -0.05) is 0 Å². The van der Waals surface area contributed by atoms with Gasteiger partial charge >= 0.3 is 45.4 Å². The molecular weight excluding hydrogens is 136 g/mol. The molecule has 0 aliphatic rings. The second kappa shape index (κ2) is 7.92. The zero-order chi connectivity index (χ0) is 5.70. The molecule has 0 spiro atoms. The van der Waals surface area contributed by atoms with Gasteiger partial charge in [0, 0.05) is 0 Å². The van der Waals surface area contributed by atoms with Gasteiger partial charge in [-0.15, -0.1) is 0 Å². The normalized spacial score (nSPS) is 6.75. The molecule has 0 saturated carbocycles. The van der Waals surface area contributed by atoms with Gasteiger partial charge < -0.3 is 13.7 Å². The molecule has 0 fully saturated rings. The Bertz CT molecular complexity index is 70.3. The molecule has 0 radical (unpaired) electrons. The molecule has 0 bridgehead atoms. The molecule has 0 aromatic carbocycles. The summed E-state index contributed by atoms with van der Waals surface area (Å²) in [5.41, 5.74) is 4.79. The van der Waals surface area contributed by atoms with Crippen molar-refractivity contribution in [2.24, 2.45) is 5.73 Å². The second-order valence-electron chi connectivity index (χ2n) is 0.850. The summed E-state index contributed by atoms with van der Waals surface area (Å²) in [6, 6.07) is 0. The predicted molar refractivity (Wildman–Crippen MR) is 31.7 cm³/mol. The van der Waals surface area contributed by atoms with Crippen LogP contribution in [-0.2, 0) is 8.58 Å². The van der Waals surface area contributed by atoms with Crippen molar-refractivity contribution in [1.29, 1.82) is 0 Å². The van der Waals surface area contributed by atoms with Gasteiger partial charge in [0.2, 0.25) is 0 Å². The van der Waals surface area contributed by atoms with Crippen molar-refractivity contribution < 1.29 is 12.7 Å². The molecule has 0 heterocycles. The molecule has 0 aromatic heterocycles. The Balaban J connectivity index is 0. The first kappa shape index (κ1) is 11.7. The molecule has 4 nitrogen and oxygen atoms in total. The zero-order valence-corrected chi connectivity index (χ0v) is 5.17. The summed E-state index contributed by atoms with van der Waals surface area (Å²) in [7, 11) is 0. The molecule has 42 valence electrons. The van der Waals surface area contributed by atoms with Gasteiger partial charge in [0.25, 0.3) is 5.97 Å². The second-order valence-corrected chi connectivity index (χ2v) is 1.40. The Labute approximate surface area is 76.1 Å². The van der Waals surface area contributed by atoms with E-state index < -0.39 is 21.9 Å². The predicted octanol–water partition coefficient (Wildman–Crippen LogP) is -2.90. The third kappa shape index (κ3) is 6.92. The van der Waals surface area contributed by atoms with Gasteiger partial charge in [0.05, 0.1) is 6.54 Å². The summed E-state index contributed by atoms with van der Waals surface area (Å²) in [5.74, 6) is -0.533. The Morgan fingerprint density at radius 1 is 1.88 bits per heavy atom. The summed E-state index contributed by atoms with van der Waals surface area (Å²) in [4.78, 5) is 9.94. The van der Waals surface area contributed by atoms with E-state index in [1.165, 1.54) is 0 Å². The average Bonchev–Trinajstić information content (AvgIpc) is 1.68. The summed E-state index contributed by atoms with van der Waals surface area (Å²) < 4.78 is 12.1. The van der Waals surface area contributed by atoms with Gasteiger partial charge in [0.1, 0.15) is 0 Å². The number of hydrogen-bond acceptors (Lipinski definition) is 4. The van der Waals surface area contributed by atoms with Crippen molar-refractivity contribution in [1.82, 2.24) is 0 Å². The standard InChI is InChI=1S/C2H5NO2.Al.Na.H2O.2H/c3-1-2(4)5;;;;;/h1,3H2,(H,4,5);;;1H2;;/q;+2;;;;/p-2. The quantitative estimate of drug-likeness (QED) is 0.407. The first-order chi connectivity index (χ1) is 3.31. The van der Waals surface area contributed by atoms with Crippen LogP contribution in [0, 0.1) is 0 Å². The topological polar surface area (TPSA) is 72.6 Å². The fourth-order valence-electron chi connectivity index (χ4n) is 0.131. The summed E-state index contributed by atoms with van der Waals surface area (Å²) in [5, 5.41) is 0. The maximum atomic E-state index is 9.94. The van der Waals surface area contributed by atoms with Crippen LogP contribution in [0.5, 0.6) is 0 Å². The maximum absolute atomic E-state index is 9.94. The van der Waals surface area contributed by atoms with Crippen molar-refractivity contribution in [2.75, 3.05) is 6.54 Å². The van der Waals surface area contributed by atoms with E-state index in [0.717, 1.165) is 0 Å². The van der Waals surface area contributed by atoms with E-state index in [1.54, 1.807) is 0 Å². The third-order valence-corrected chi connectivity index (χ3v) is 0.843. The number of carbonyl (C=O) groups is 1. The zero-order valence-electron chi connectivity index (χ0n) is 3.76. The molecule has 6 heteroatoms. The van der Waals surface area contributed by atoms with E-state index in [4.69, 9.17) is 9.89 Å². The Hall–Kier alpha value is 0.922. The van der Waals surface area contributed by atoms with Gasteiger partial charge in [-0.2, -0.15) is 0 Å². The van der Waals surface area contributed by atoms with Crippen molar-refractivity contribution in [3.05, 3.63) is 0 Å². The van der Waals surface area contributed by atoms with E-state index in [9.17, 15) is 4.79 Å². The molecule has 0 unspecified atom stereocenters. The van der Waals surface area contributed by atoms with Gasteiger partial charge in [0.15, 0.2) is 0 Å². The minimum atomic E-state index is -1.57. The average molecular weight is 143 g/mol. The van der Waals surface area contributed by atoms with Crippen LogP contribution in [0.2, 0.25) is 0 Å². The molecular formula is C2H7AlNNaO3. The van der Waals surface area contributed by atoms with Crippen LogP contribution in [0.1, 0.15) is 0 Å². The number of hydrogen-bond donors (Lipinski definition) is 2. The Morgan fingerprint density at radius 2 is 2.38 bits per heavy atom. The first-order valence-corrected chi connectivity index (χ1v) is 2.98. The van der Waals surface area contributed by atoms with E-state index in [2.05, 4.69) is 3.79 Å². The minimum absolute atomic E-state index is 0. The van der Waals surface area contributed by atoms with Crippen molar-refractivity contribution in [3.63, 3.8) is 0 Å². The monoisotopic (exact) mass is 143 g/mol. The van der Waals surface area contributed by atoms with Crippen LogP contribution >= 0.6 is 0 Å². The van der Waals surface area contributed by atoms with E-state index in [0.29, 0.717) is 0 Å². The van der Waals surface area contributed by atoms with E-state index in [-0.39, 0.29) is 36.1 Å². The van der Waals surface area contributed by atoms with Gasteiger partial charge in [-0.3, -0.25) is 4.79 Å². The van der Waals surface area contributed by atoms with Crippen LogP contribution in [-0.4, -0.2) is 62.1 Å². The Morgan fingerprint density at radius 3 is 2.50 bits per heavy atom. The summed E-state index contributed by atoms with van der Waals surface area (Å²) in [6.45, 7) is -0.145. The molecule has 0 saturated heterocycles. The summed E-state index contributed by atoms with van der Waals surface area (Å²) >= 11 is -1.57. The van der Waals surface area contributed by atoms with E-state index >= 15 is 0 Å². The molecule has 0 atom stereocenters. The van der Waals surface area contributed by atoms with Crippen molar-refractivity contribution >= 4 is 51.4 Å². The number of carbonyl (C=O) groups excluding carboxylic acids is 1. The number of nitrogens with two attached hydrogens (primary N) is 1. The van der Waals surface area contributed by atoms with Crippen LogP contribution in [0.3, 0.4) is 0 Å².